The van der Waals surface area contributed by atoms with Gasteiger partial charge < -0.3 is 5.32 Å². The van der Waals surface area contributed by atoms with Crippen LogP contribution < -0.4 is 5.32 Å². The van der Waals surface area contributed by atoms with Gasteiger partial charge in [0, 0.05) is 16.6 Å². The van der Waals surface area contributed by atoms with Gasteiger partial charge >= 0.3 is 6.18 Å². The first kappa shape index (κ1) is 16.2. The van der Waals surface area contributed by atoms with Crippen LogP contribution in [-0.4, -0.2) is 18.0 Å². The molecule has 1 aromatic carbocycles. The number of hydrogen-bond donors (Lipinski definition) is 1. The Hall–Kier alpha value is -0.840. The maximum Gasteiger partial charge on any atom is 0.398 e. The first-order valence-corrected chi connectivity index (χ1v) is 7.37. The molecule has 0 bridgehead atoms. The van der Waals surface area contributed by atoms with Crippen LogP contribution in [0.25, 0.3) is 0 Å². The summed E-state index contributed by atoms with van der Waals surface area (Å²) in [5.74, 6) is -0.385. The second-order valence-corrected chi connectivity index (χ2v) is 5.74. The largest absolute Gasteiger partial charge is 0.398 e. The predicted octanol–water partition coefficient (Wildman–Crippen LogP) is 5.19. The molecular formula is C14H20F3NS. The second kappa shape index (κ2) is 7.08. The van der Waals surface area contributed by atoms with Crippen LogP contribution in [-0.2, 0) is 0 Å². The van der Waals surface area contributed by atoms with Crippen LogP contribution in [0, 0.1) is 5.92 Å². The first-order valence-electron chi connectivity index (χ1n) is 6.38. The minimum atomic E-state index is -4.14. The fraction of sp³-hybridized carbons (Fsp3) is 0.571. The Morgan fingerprint density at radius 3 is 2.42 bits per heavy atom. The molecule has 108 valence electrons. The smallest absolute Gasteiger partial charge is 0.381 e. The molecule has 2 atom stereocenters. The highest BCUT2D eigenvalue weighted by atomic mass is 32.2. The third-order valence-electron chi connectivity index (χ3n) is 3.16. The van der Waals surface area contributed by atoms with Crippen molar-refractivity contribution in [3.63, 3.8) is 0 Å². The Labute approximate surface area is 117 Å². The number of anilines is 1. The molecule has 0 fully saturated rings. The highest BCUT2D eigenvalue weighted by Crippen LogP contribution is 2.32. The lowest BCUT2D eigenvalue weighted by Crippen LogP contribution is -2.23. The lowest BCUT2D eigenvalue weighted by molar-refractivity contribution is -0.105. The van der Waals surface area contributed by atoms with Gasteiger partial charge in [-0.15, -0.1) is 11.8 Å². The van der Waals surface area contributed by atoms with E-state index in [9.17, 15) is 13.2 Å². The van der Waals surface area contributed by atoms with E-state index in [1.807, 2.05) is 12.1 Å². The molecule has 0 aliphatic rings. The molecule has 2 unspecified atom stereocenters. The van der Waals surface area contributed by atoms with Crippen LogP contribution in [0.15, 0.2) is 29.2 Å². The average molecular weight is 291 g/mol. The fourth-order valence-electron chi connectivity index (χ4n) is 1.61. The molecule has 0 heterocycles. The van der Waals surface area contributed by atoms with Crippen molar-refractivity contribution in [1.82, 2.24) is 0 Å². The summed E-state index contributed by atoms with van der Waals surface area (Å²) in [6.07, 6.45) is -3.11. The lowest BCUT2D eigenvalue weighted by Gasteiger charge is -2.22. The minimum Gasteiger partial charge on any atom is -0.381 e. The number of alkyl halides is 3. The topological polar surface area (TPSA) is 12.0 Å². The van der Waals surface area contributed by atoms with E-state index >= 15 is 0 Å². The van der Waals surface area contributed by atoms with Crippen LogP contribution in [0.2, 0.25) is 0 Å². The summed E-state index contributed by atoms with van der Waals surface area (Å²) in [4.78, 5) is 0.648. The highest BCUT2D eigenvalue weighted by molar-refractivity contribution is 7.99. The van der Waals surface area contributed by atoms with Gasteiger partial charge in [-0.1, -0.05) is 32.4 Å². The minimum absolute atomic E-state index is 0.234. The average Bonchev–Trinajstić information content (AvgIpc) is 2.35. The molecule has 0 aliphatic carbocycles. The zero-order valence-electron chi connectivity index (χ0n) is 11.4. The second-order valence-electron chi connectivity index (χ2n) is 4.72. The molecule has 0 saturated heterocycles. The molecular weight excluding hydrogens is 271 g/mol. The Balaban J connectivity index is 2.73. The summed E-state index contributed by atoms with van der Waals surface area (Å²) in [5.41, 5.74) is 0.782. The highest BCUT2D eigenvalue weighted by Gasteiger charge is 2.27. The molecule has 19 heavy (non-hydrogen) atoms. The van der Waals surface area contributed by atoms with Gasteiger partial charge in [0.2, 0.25) is 0 Å². The van der Waals surface area contributed by atoms with Crippen molar-refractivity contribution in [1.29, 1.82) is 0 Å². The number of thioether (sulfide) groups is 1. The first-order chi connectivity index (χ1) is 8.83. The Morgan fingerprint density at radius 1 is 1.21 bits per heavy atom. The summed E-state index contributed by atoms with van der Waals surface area (Å²) >= 11 is 0.828. The Morgan fingerprint density at radius 2 is 1.84 bits per heavy atom. The number of benzene rings is 1. The van der Waals surface area contributed by atoms with Crippen LogP contribution >= 0.6 is 11.8 Å². The Bertz CT molecular complexity index is 393. The predicted molar refractivity (Wildman–Crippen MR) is 75.8 cm³/mol. The lowest BCUT2D eigenvalue weighted by atomic mass is 10.0. The van der Waals surface area contributed by atoms with E-state index in [2.05, 4.69) is 26.1 Å². The molecule has 1 rings (SSSR count). The number of hydrogen-bond acceptors (Lipinski definition) is 2. The van der Waals surface area contributed by atoms with Crippen LogP contribution in [0.4, 0.5) is 18.9 Å². The summed E-state index contributed by atoms with van der Waals surface area (Å²) in [6, 6.07) is 7.39. The molecule has 0 aliphatic heterocycles. The van der Waals surface area contributed by atoms with Gasteiger partial charge in [-0.25, -0.2) is 0 Å². The number of para-hydroxylation sites is 1. The molecule has 1 N–H and O–H groups in total. The molecule has 0 saturated carbocycles. The van der Waals surface area contributed by atoms with E-state index in [0.717, 1.165) is 23.9 Å². The molecule has 5 heteroatoms. The van der Waals surface area contributed by atoms with Crippen molar-refractivity contribution in [2.45, 2.75) is 44.3 Å². The summed E-state index contributed by atoms with van der Waals surface area (Å²) < 4.78 is 36.8. The van der Waals surface area contributed by atoms with Crippen molar-refractivity contribution in [2.24, 2.45) is 5.92 Å². The summed E-state index contributed by atoms with van der Waals surface area (Å²) in [7, 11) is 0. The van der Waals surface area contributed by atoms with E-state index in [-0.39, 0.29) is 6.04 Å². The van der Waals surface area contributed by atoms with E-state index in [0.29, 0.717) is 10.8 Å². The maximum absolute atomic E-state index is 12.3. The van der Waals surface area contributed by atoms with Crippen LogP contribution in [0.1, 0.15) is 27.2 Å². The van der Waals surface area contributed by atoms with Crippen LogP contribution in [0.3, 0.4) is 0 Å². The van der Waals surface area contributed by atoms with Crippen molar-refractivity contribution in [3.8, 4) is 0 Å². The van der Waals surface area contributed by atoms with E-state index < -0.39 is 11.9 Å². The van der Waals surface area contributed by atoms with Gasteiger partial charge in [0.1, 0.15) is 0 Å². The van der Waals surface area contributed by atoms with Gasteiger partial charge in [0.25, 0.3) is 0 Å². The van der Waals surface area contributed by atoms with E-state index in [4.69, 9.17) is 0 Å². The standard InChI is InChI=1S/C14H20F3NS/c1-4-10(2)11(3)18-12-7-5-6-8-13(12)19-9-14(15,16)17/h5-8,10-11,18H,4,9H2,1-3H3. The monoisotopic (exact) mass is 291 g/mol. The number of nitrogens with one attached hydrogen (secondary N) is 1. The van der Waals surface area contributed by atoms with E-state index in [1.54, 1.807) is 12.1 Å². The molecule has 0 amide bonds. The SMILES string of the molecule is CCC(C)C(C)Nc1ccccc1SCC(F)(F)F. The number of halogens is 3. The van der Waals surface area contributed by atoms with Gasteiger partial charge in [-0.3, -0.25) is 0 Å². The summed E-state index contributed by atoms with van der Waals surface area (Å²) in [5, 5.41) is 3.31. The molecule has 0 aromatic heterocycles. The van der Waals surface area contributed by atoms with Crippen molar-refractivity contribution < 1.29 is 13.2 Å². The molecule has 0 radical (unpaired) electrons. The van der Waals surface area contributed by atoms with Gasteiger partial charge in [-0.05, 0) is 25.0 Å². The van der Waals surface area contributed by atoms with Gasteiger partial charge in [0.05, 0.1) is 5.75 Å². The molecule has 1 aromatic rings. The van der Waals surface area contributed by atoms with Gasteiger partial charge in [0.15, 0.2) is 0 Å². The Kier molecular flexibility index (Phi) is 6.04. The maximum atomic E-state index is 12.3. The van der Waals surface area contributed by atoms with Crippen LogP contribution in [0.5, 0.6) is 0 Å². The third-order valence-corrected chi connectivity index (χ3v) is 4.30. The molecule has 1 nitrogen and oxygen atoms in total. The van der Waals surface area contributed by atoms with Crippen molar-refractivity contribution >= 4 is 17.4 Å². The zero-order chi connectivity index (χ0) is 14.5. The third kappa shape index (κ3) is 5.76. The molecule has 0 spiro atoms. The quantitative estimate of drug-likeness (QED) is 0.724. The van der Waals surface area contributed by atoms with E-state index in [1.165, 1.54) is 0 Å². The summed E-state index contributed by atoms with van der Waals surface area (Å²) in [6.45, 7) is 6.29. The van der Waals surface area contributed by atoms with Gasteiger partial charge in [-0.2, -0.15) is 13.2 Å². The normalized spacial score (nSPS) is 15.1. The van der Waals surface area contributed by atoms with Crippen molar-refractivity contribution in [2.75, 3.05) is 11.1 Å². The number of rotatable bonds is 6. The van der Waals surface area contributed by atoms with Crippen molar-refractivity contribution in [3.05, 3.63) is 24.3 Å². The fourth-order valence-corrected chi connectivity index (χ4v) is 2.39. The zero-order valence-corrected chi connectivity index (χ0v) is 12.2.